The lowest BCUT2D eigenvalue weighted by molar-refractivity contribution is -0.116. The van der Waals surface area contributed by atoms with Crippen molar-refractivity contribution in [3.8, 4) is 17.7 Å². The molecule has 0 aliphatic rings. The molecule has 0 aliphatic heterocycles. The monoisotopic (exact) mass is 478 g/mol. The molecule has 1 aromatic heterocycles. The van der Waals surface area contributed by atoms with Crippen LogP contribution >= 0.6 is 0 Å². The SMILES string of the molecule is CC(C)NC(=O)C#Cc1ccc2c(C(=Nc3ccc(CN(C)C)cc3)c3ccccc3)c(O)[nH]c2c1. The second kappa shape index (κ2) is 10.9. The Morgan fingerprint density at radius 3 is 2.44 bits per heavy atom. The smallest absolute Gasteiger partial charge is 0.296 e. The van der Waals surface area contributed by atoms with Crippen molar-refractivity contribution in [1.82, 2.24) is 15.2 Å². The summed E-state index contributed by atoms with van der Waals surface area (Å²) in [6.45, 7) is 4.63. The molecule has 0 fully saturated rings. The molecular weight excluding hydrogens is 448 g/mol. The number of aromatic hydroxyl groups is 1. The van der Waals surface area contributed by atoms with Crippen molar-refractivity contribution in [2.45, 2.75) is 26.4 Å². The number of aliphatic imine (C=N–C) groups is 1. The van der Waals surface area contributed by atoms with Crippen LogP contribution in [0.15, 0.2) is 77.8 Å². The number of aromatic amines is 1. The van der Waals surface area contributed by atoms with Crippen molar-refractivity contribution in [3.05, 3.63) is 95.1 Å². The molecule has 3 N–H and O–H groups in total. The maximum Gasteiger partial charge on any atom is 0.296 e. The van der Waals surface area contributed by atoms with E-state index < -0.39 is 0 Å². The third-order valence-electron chi connectivity index (χ3n) is 5.48. The second-order valence-corrected chi connectivity index (χ2v) is 9.22. The first-order valence-electron chi connectivity index (χ1n) is 11.9. The van der Waals surface area contributed by atoms with Crippen molar-refractivity contribution in [2.75, 3.05) is 14.1 Å². The van der Waals surface area contributed by atoms with E-state index in [1.54, 1.807) is 0 Å². The Labute approximate surface area is 211 Å². The molecule has 0 spiro atoms. The third-order valence-corrected chi connectivity index (χ3v) is 5.48. The molecule has 4 rings (SSSR count). The lowest BCUT2D eigenvalue weighted by Crippen LogP contribution is -2.28. The molecule has 0 aliphatic carbocycles. The molecule has 3 aromatic carbocycles. The van der Waals surface area contributed by atoms with E-state index in [9.17, 15) is 9.90 Å². The number of benzene rings is 3. The summed E-state index contributed by atoms with van der Waals surface area (Å²) in [5, 5.41) is 14.5. The Morgan fingerprint density at radius 2 is 1.78 bits per heavy atom. The van der Waals surface area contributed by atoms with Crippen LogP contribution in [0.4, 0.5) is 5.69 Å². The Hall–Kier alpha value is -4.34. The average molecular weight is 479 g/mol. The molecular formula is C30H30N4O2. The summed E-state index contributed by atoms with van der Waals surface area (Å²) in [4.78, 5) is 22.0. The summed E-state index contributed by atoms with van der Waals surface area (Å²) in [6, 6.07) is 23.5. The topological polar surface area (TPSA) is 80.7 Å². The van der Waals surface area contributed by atoms with Gasteiger partial charge in [-0.3, -0.25) is 4.79 Å². The molecule has 182 valence electrons. The van der Waals surface area contributed by atoms with E-state index in [-0.39, 0.29) is 17.8 Å². The zero-order valence-electron chi connectivity index (χ0n) is 21.0. The number of H-pyrrole nitrogens is 1. The summed E-state index contributed by atoms with van der Waals surface area (Å²) in [7, 11) is 4.08. The molecule has 0 radical (unpaired) electrons. The van der Waals surface area contributed by atoms with Crippen molar-refractivity contribution in [3.63, 3.8) is 0 Å². The summed E-state index contributed by atoms with van der Waals surface area (Å²) < 4.78 is 0. The molecule has 0 atom stereocenters. The molecule has 4 aromatic rings. The molecule has 6 heteroatoms. The average Bonchev–Trinajstić information content (AvgIpc) is 3.16. The van der Waals surface area contributed by atoms with Crippen molar-refractivity contribution in [1.29, 1.82) is 0 Å². The first-order chi connectivity index (χ1) is 17.3. The quantitative estimate of drug-likeness (QED) is 0.270. The highest BCUT2D eigenvalue weighted by atomic mass is 16.3. The molecule has 6 nitrogen and oxygen atoms in total. The van der Waals surface area contributed by atoms with Crippen LogP contribution in [0.1, 0.15) is 36.1 Å². The Balaban J connectivity index is 1.76. The molecule has 0 unspecified atom stereocenters. The van der Waals surface area contributed by atoms with Crippen LogP contribution in [-0.4, -0.2) is 46.7 Å². The maximum atomic E-state index is 11.9. The van der Waals surface area contributed by atoms with Gasteiger partial charge < -0.3 is 20.3 Å². The van der Waals surface area contributed by atoms with Gasteiger partial charge in [0.25, 0.3) is 5.91 Å². The number of aromatic nitrogens is 1. The predicted octanol–water partition coefficient (Wildman–Crippen LogP) is 4.98. The lowest BCUT2D eigenvalue weighted by atomic mass is 10.00. The van der Waals surface area contributed by atoms with Gasteiger partial charge in [-0.05, 0) is 57.8 Å². The van der Waals surface area contributed by atoms with E-state index in [2.05, 4.69) is 39.2 Å². The second-order valence-electron chi connectivity index (χ2n) is 9.22. The number of nitrogens with zero attached hydrogens (tertiary/aromatic N) is 2. The Morgan fingerprint density at radius 1 is 1.06 bits per heavy atom. The van der Waals surface area contributed by atoms with Gasteiger partial charge in [-0.15, -0.1) is 0 Å². The van der Waals surface area contributed by atoms with Crippen LogP contribution < -0.4 is 5.32 Å². The summed E-state index contributed by atoms with van der Waals surface area (Å²) in [5.41, 5.74) is 5.54. The van der Waals surface area contributed by atoms with Gasteiger partial charge in [0.1, 0.15) is 0 Å². The molecule has 36 heavy (non-hydrogen) atoms. The molecule has 0 bridgehead atoms. The fraction of sp³-hybridized carbons (Fsp3) is 0.200. The van der Waals surface area contributed by atoms with Gasteiger partial charge in [0.2, 0.25) is 0 Å². The lowest BCUT2D eigenvalue weighted by Gasteiger charge is -2.10. The maximum absolute atomic E-state index is 11.9. The fourth-order valence-electron chi connectivity index (χ4n) is 3.96. The number of amides is 1. The highest BCUT2D eigenvalue weighted by Gasteiger charge is 2.19. The van der Waals surface area contributed by atoms with Crippen molar-refractivity contribution >= 4 is 28.2 Å². The van der Waals surface area contributed by atoms with E-state index in [4.69, 9.17) is 4.99 Å². The number of fused-ring (bicyclic) bond motifs is 1. The standard InChI is InChI=1S/C30H30N4O2/c1-20(2)31-27(35)17-13-21-12-16-25-26(18-21)33-30(36)28(25)29(23-8-6-5-7-9-23)32-24-14-10-22(11-15-24)19-34(3)4/h5-12,14-16,18,20,33,36H,19H2,1-4H3,(H,31,35). The minimum absolute atomic E-state index is 0.0251. The van der Waals surface area contributed by atoms with E-state index in [0.717, 1.165) is 23.2 Å². The third kappa shape index (κ3) is 6.01. The zero-order valence-corrected chi connectivity index (χ0v) is 21.0. The molecule has 0 saturated carbocycles. The largest absolute Gasteiger partial charge is 0.494 e. The van der Waals surface area contributed by atoms with Crippen molar-refractivity contribution < 1.29 is 9.90 Å². The highest BCUT2D eigenvalue weighted by molar-refractivity contribution is 6.22. The number of carbonyl (C=O) groups is 1. The summed E-state index contributed by atoms with van der Waals surface area (Å²) >= 11 is 0. The normalized spacial score (nSPS) is 11.6. The number of carbonyl (C=O) groups excluding carboxylic acids is 1. The van der Waals surface area contributed by atoms with Crippen LogP contribution in [0.25, 0.3) is 10.9 Å². The number of rotatable bonds is 6. The van der Waals surface area contributed by atoms with Gasteiger partial charge >= 0.3 is 0 Å². The van der Waals surface area contributed by atoms with E-state index in [1.807, 2.05) is 88.6 Å². The van der Waals surface area contributed by atoms with Gasteiger partial charge in [0.15, 0.2) is 5.88 Å². The van der Waals surface area contributed by atoms with Gasteiger partial charge in [0, 0.05) is 35.0 Å². The molecule has 0 saturated heterocycles. The van der Waals surface area contributed by atoms with E-state index >= 15 is 0 Å². The van der Waals surface area contributed by atoms with Gasteiger partial charge in [-0.2, -0.15) is 0 Å². The Kier molecular flexibility index (Phi) is 7.53. The zero-order chi connectivity index (χ0) is 25.7. The first kappa shape index (κ1) is 24.8. The summed E-state index contributed by atoms with van der Waals surface area (Å²) in [5.74, 6) is 5.21. The van der Waals surface area contributed by atoms with Gasteiger partial charge in [0.05, 0.1) is 22.5 Å². The van der Waals surface area contributed by atoms with E-state index in [0.29, 0.717) is 22.4 Å². The van der Waals surface area contributed by atoms with E-state index in [1.165, 1.54) is 5.56 Å². The molecule has 1 heterocycles. The van der Waals surface area contributed by atoms with Gasteiger partial charge in [-0.25, -0.2) is 4.99 Å². The van der Waals surface area contributed by atoms with Crippen LogP contribution in [-0.2, 0) is 11.3 Å². The van der Waals surface area contributed by atoms with Crippen LogP contribution in [0, 0.1) is 11.8 Å². The molecule has 1 amide bonds. The first-order valence-corrected chi connectivity index (χ1v) is 11.9. The van der Waals surface area contributed by atoms with Crippen molar-refractivity contribution in [2.24, 2.45) is 4.99 Å². The van der Waals surface area contributed by atoms with Gasteiger partial charge in [-0.1, -0.05) is 54.5 Å². The fourth-order valence-corrected chi connectivity index (χ4v) is 3.96. The number of nitrogens with one attached hydrogen (secondary N) is 2. The van der Waals surface area contributed by atoms with Crippen LogP contribution in [0.5, 0.6) is 5.88 Å². The van der Waals surface area contributed by atoms with Crippen LogP contribution in [0.3, 0.4) is 0 Å². The number of hydrogen-bond acceptors (Lipinski definition) is 4. The minimum Gasteiger partial charge on any atom is -0.494 e. The summed E-state index contributed by atoms with van der Waals surface area (Å²) in [6.07, 6.45) is 0. The Bertz CT molecular complexity index is 1450. The minimum atomic E-state index is -0.324. The van der Waals surface area contributed by atoms with Crippen LogP contribution in [0.2, 0.25) is 0 Å². The number of hydrogen-bond donors (Lipinski definition) is 3. The highest BCUT2D eigenvalue weighted by Crippen LogP contribution is 2.32. The predicted molar refractivity (Wildman–Crippen MR) is 146 cm³/mol.